The Bertz CT molecular complexity index is 1270. The lowest BCUT2D eigenvalue weighted by Crippen LogP contribution is -2.08. The molecule has 0 bridgehead atoms. The maximum atomic E-state index is 12.1. The molecule has 0 amide bonds. The average molecular weight is 426 g/mol. The maximum absolute atomic E-state index is 12.1. The fourth-order valence-electron chi connectivity index (χ4n) is 3.39. The minimum Gasteiger partial charge on any atom is -0.462 e. The number of hydrogen-bond acceptors (Lipinski definition) is 6. The second-order valence-electron chi connectivity index (χ2n) is 7.13. The first-order valence-corrected chi connectivity index (χ1v) is 10.4. The van der Waals surface area contributed by atoms with Crippen LogP contribution < -0.4 is 0 Å². The molecule has 0 radical (unpaired) electrons. The van der Waals surface area contributed by atoms with Crippen LogP contribution in [0.2, 0.25) is 0 Å². The average Bonchev–Trinajstić information content (AvgIpc) is 3.45. The minimum absolute atomic E-state index is 0.259. The number of benzene rings is 2. The molecule has 0 saturated heterocycles. The molecule has 0 atom stereocenters. The van der Waals surface area contributed by atoms with Gasteiger partial charge in [0.05, 0.1) is 25.6 Å². The zero-order valence-corrected chi connectivity index (χ0v) is 17.5. The summed E-state index contributed by atoms with van der Waals surface area (Å²) in [6.07, 6.45) is 6.14. The van der Waals surface area contributed by atoms with Crippen molar-refractivity contribution in [2.24, 2.45) is 0 Å². The lowest BCUT2D eigenvalue weighted by atomic mass is 10.1. The van der Waals surface area contributed by atoms with Crippen LogP contribution in [0.5, 0.6) is 0 Å². The van der Waals surface area contributed by atoms with Crippen LogP contribution in [0.4, 0.5) is 0 Å². The van der Waals surface area contributed by atoms with Crippen LogP contribution in [0.25, 0.3) is 28.4 Å². The molecule has 0 aliphatic heterocycles. The number of carbonyl (C=O) groups is 1. The summed E-state index contributed by atoms with van der Waals surface area (Å²) >= 11 is 0. The Morgan fingerprint density at radius 2 is 1.91 bits per heavy atom. The summed E-state index contributed by atoms with van der Waals surface area (Å²) in [4.78, 5) is 13.6. The highest BCUT2D eigenvalue weighted by Crippen LogP contribution is 2.23. The molecular weight excluding hydrogens is 404 g/mol. The molecule has 0 spiro atoms. The minimum atomic E-state index is -0.407. The van der Waals surface area contributed by atoms with E-state index in [4.69, 9.17) is 10.00 Å². The van der Waals surface area contributed by atoms with E-state index in [0.717, 1.165) is 22.0 Å². The second kappa shape index (κ2) is 10.2. The third kappa shape index (κ3) is 5.08. The van der Waals surface area contributed by atoms with Crippen molar-refractivity contribution in [2.75, 3.05) is 6.61 Å². The first-order valence-electron chi connectivity index (χ1n) is 10.4. The lowest BCUT2D eigenvalue weighted by molar-refractivity contribution is -0.137. The Balaban J connectivity index is 1.28. The van der Waals surface area contributed by atoms with Crippen molar-refractivity contribution in [1.29, 1.82) is 5.26 Å². The largest absolute Gasteiger partial charge is 0.462 e. The topological polar surface area (TPSA) is 98.6 Å². The van der Waals surface area contributed by atoms with E-state index in [2.05, 4.69) is 21.5 Å². The second-order valence-corrected chi connectivity index (χ2v) is 7.13. The van der Waals surface area contributed by atoms with Gasteiger partial charge in [-0.1, -0.05) is 48.5 Å². The Labute approximate surface area is 185 Å². The predicted molar refractivity (Wildman–Crippen MR) is 120 cm³/mol. The van der Waals surface area contributed by atoms with Gasteiger partial charge < -0.3 is 9.30 Å². The number of rotatable bonds is 9. The Kier molecular flexibility index (Phi) is 6.68. The van der Waals surface area contributed by atoms with E-state index in [1.54, 1.807) is 6.08 Å². The summed E-state index contributed by atoms with van der Waals surface area (Å²) in [6.45, 7) is 1.37. The van der Waals surface area contributed by atoms with Gasteiger partial charge in [0.15, 0.2) is 0 Å². The van der Waals surface area contributed by atoms with Gasteiger partial charge in [-0.25, -0.2) is 4.79 Å². The van der Waals surface area contributed by atoms with Gasteiger partial charge in [0.2, 0.25) is 5.82 Å². The number of nitriles is 1. The third-order valence-electron chi connectivity index (χ3n) is 4.91. The maximum Gasteiger partial charge on any atom is 0.330 e. The van der Waals surface area contributed by atoms with Crippen LogP contribution in [0.15, 0.2) is 66.9 Å². The molecule has 32 heavy (non-hydrogen) atoms. The molecule has 2 aromatic carbocycles. The fraction of sp³-hybridized carbons (Fsp3) is 0.208. The molecule has 2 aromatic heterocycles. The van der Waals surface area contributed by atoms with Gasteiger partial charge >= 0.3 is 5.97 Å². The van der Waals surface area contributed by atoms with E-state index in [9.17, 15) is 4.79 Å². The molecule has 160 valence electrons. The summed E-state index contributed by atoms with van der Waals surface area (Å²) in [7, 11) is 0. The van der Waals surface area contributed by atoms with Gasteiger partial charge in [-0.15, -0.1) is 10.2 Å². The summed E-state index contributed by atoms with van der Waals surface area (Å²) < 4.78 is 7.32. The van der Waals surface area contributed by atoms with Gasteiger partial charge in [-0.3, -0.25) is 0 Å². The molecule has 8 nitrogen and oxygen atoms in total. The monoisotopic (exact) mass is 426 g/mol. The van der Waals surface area contributed by atoms with Crippen LogP contribution in [-0.4, -0.2) is 37.4 Å². The molecule has 0 unspecified atom stereocenters. The van der Waals surface area contributed by atoms with E-state index in [-0.39, 0.29) is 6.61 Å². The number of para-hydroxylation sites is 1. The quantitative estimate of drug-likeness (QED) is 0.229. The van der Waals surface area contributed by atoms with Crippen LogP contribution in [-0.2, 0) is 22.6 Å². The van der Waals surface area contributed by atoms with Crippen molar-refractivity contribution in [3.63, 3.8) is 0 Å². The Morgan fingerprint density at radius 1 is 1.09 bits per heavy atom. The van der Waals surface area contributed by atoms with Crippen molar-refractivity contribution < 1.29 is 9.53 Å². The van der Waals surface area contributed by atoms with Gasteiger partial charge in [0.25, 0.3) is 0 Å². The number of nitrogens with zero attached hydrogens (tertiary/aromatic N) is 6. The Morgan fingerprint density at radius 3 is 2.75 bits per heavy atom. The number of hydrogen-bond donors (Lipinski definition) is 0. The molecule has 0 aliphatic rings. The number of esters is 1. The number of fused-ring (bicyclic) bond motifs is 1. The van der Waals surface area contributed by atoms with Crippen molar-refractivity contribution in [3.05, 3.63) is 72.4 Å². The smallest absolute Gasteiger partial charge is 0.330 e. The molecule has 4 aromatic rings. The summed E-state index contributed by atoms with van der Waals surface area (Å²) in [5.41, 5.74) is 2.85. The van der Waals surface area contributed by atoms with Crippen LogP contribution in [0.1, 0.15) is 18.4 Å². The zero-order valence-electron chi connectivity index (χ0n) is 17.5. The van der Waals surface area contributed by atoms with Gasteiger partial charge in [0, 0.05) is 47.3 Å². The summed E-state index contributed by atoms with van der Waals surface area (Å²) in [5.74, 6) is 0.162. The van der Waals surface area contributed by atoms with Gasteiger partial charge in [0.1, 0.15) is 0 Å². The van der Waals surface area contributed by atoms with Crippen molar-refractivity contribution in [1.82, 2.24) is 24.8 Å². The van der Waals surface area contributed by atoms with E-state index in [1.807, 2.05) is 65.4 Å². The van der Waals surface area contributed by atoms with E-state index in [0.29, 0.717) is 31.8 Å². The van der Waals surface area contributed by atoms with Crippen molar-refractivity contribution in [2.45, 2.75) is 25.9 Å². The molecule has 4 rings (SSSR count). The summed E-state index contributed by atoms with van der Waals surface area (Å²) in [5, 5.41) is 22.3. The van der Waals surface area contributed by atoms with E-state index in [1.165, 1.54) is 10.9 Å². The molecule has 0 aliphatic carbocycles. The number of aryl methyl sites for hydroxylation is 2. The standard InChI is InChI=1S/C24H22N6O2/c25-14-6-15-29-18-20(21-10-4-5-11-22(21)29)12-13-23(31)32-17-7-16-30-27-24(26-28-30)19-8-2-1-3-9-19/h1-5,8-13,18H,6-7,15-17H2/b13-12+. The van der Waals surface area contributed by atoms with Gasteiger partial charge in [-0.2, -0.15) is 10.1 Å². The molecule has 0 saturated carbocycles. The van der Waals surface area contributed by atoms with E-state index < -0.39 is 5.97 Å². The first kappa shape index (κ1) is 21.0. The predicted octanol–water partition coefficient (Wildman–Crippen LogP) is 3.86. The normalized spacial score (nSPS) is 11.1. The number of carbonyl (C=O) groups excluding carboxylic acids is 1. The summed E-state index contributed by atoms with van der Waals surface area (Å²) in [6, 6.07) is 19.7. The third-order valence-corrected chi connectivity index (χ3v) is 4.91. The highest BCUT2D eigenvalue weighted by molar-refractivity contribution is 5.94. The van der Waals surface area contributed by atoms with Crippen LogP contribution in [0.3, 0.4) is 0 Å². The van der Waals surface area contributed by atoms with Crippen LogP contribution in [0, 0.1) is 11.3 Å². The molecular formula is C24H22N6O2. The van der Waals surface area contributed by atoms with Gasteiger partial charge in [-0.05, 0) is 17.4 Å². The first-order chi connectivity index (χ1) is 15.7. The molecule has 2 heterocycles. The Hall–Kier alpha value is -4.25. The zero-order chi connectivity index (χ0) is 22.2. The molecule has 8 heteroatoms. The number of ether oxygens (including phenoxy) is 1. The highest BCUT2D eigenvalue weighted by Gasteiger charge is 2.07. The fourth-order valence-corrected chi connectivity index (χ4v) is 3.39. The lowest BCUT2D eigenvalue weighted by Gasteiger charge is -2.01. The van der Waals surface area contributed by atoms with Crippen molar-refractivity contribution in [3.8, 4) is 17.5 Å². The highest BCUT2D eigenvalue weighted by atomic mass is 16.5. The van der Waals surface area contributed by atoms with Crippen molar-refractivity contribution >= 4 is 22.9 Å². The molecule has 0 fully saturated rings. The van der Waals surface area contributed by atoms with E-state index >= 15 is 0 Å². The molecule has 0 N–H and O–H groups in total. The van der Waals surface area contributed by atoms with Crippen LogP contribution >= 0.6 is 0 Å². The number of aromatic nitrogens is 5. The number of tetrazole rings is 1. The SMILES string of the molecule is N#CCCn1cc(/C=C/C(=O)OCCCn2nnc(-c3ccccc3)n2)c2ccccc21.